The van der Waals surface area contributed by atoms with E-state index in [1.54, 1.807) is 0 Å². The third-order valence-electron chi connectivity index (χ3n) is 6.07. The summed E-state index contributed by atoms with van der Waals surface area (Å²) in [6.07, 6.45) is 12.8. The van der Waals surface area contributed by atoms with Crippen molar-refractivity contribution in [3.8, 4) is 0 Å². The fourth-order valence-corrected chi connectivity index (χ4v) is 4.91. The van der Waals surface area contributed by atoms with Crippen LogP contribution in [0.25, 0.3) is 0 Å². The van der Waals surface area contributed by atoms with Gasteiger partial charge in [0, 0.05) is 18.1 Å². The monoisotopic (exact) mass is 293 g/mol. The molecule has 1 aliphatic carbocycles. The van der Waals surface area contributed by atoms with Crippen molar-refractivity contribution < 1.29 is 0 Å². The van der Waals surface area contributed by atoms with Crippen molar-refractivity contribution in [3.63, 3.8) is 0 Å². The number of nitrogens with one attached hydrogen (secondary N) is 1. The van der Waals surface area contributed by atoms with Gasteiger partial charge in [-0.3, -0.25) is 4.90 Å². The number of rotatable bonds is 4. The van der Waals surface area contributed by atoms with Crippen LogP contribution in [-0.4, -0.2) is 60.6 Å². The minimum atomic E-state index is 0.760. The van der Waals surface area contributed by atoms with Gasteiger partial charge in [-0.1, -0.05) is 26.2 Å². The molecule has 0 aromatic rings. The number of piperidine rings is 2. The van der Waals surface area contributed by atoms with Crippen molar-refractivity contribution in [3.05, 3.63) is 0 Å². The van der Waals surface area contributed by atoms with E-state index in [1.807, 2.05) is 0 Å². The largest absolute Gasteiger partial charge is 0.313 e. The van der Waals surface area contributed by atoms with Crippen molar-refractivity contribution in [2.45, 2.75) is 82.8 Å². The molecular formula is C18H35N3. The Kier molecular flexibility index (Phi) is 5.96. The molecule has 2 aliphatic heterocycles. The molecule has 2 unspecified atom stereocenters. The lowest BCUT2D eigenvalue weighted by Crippen LogP contribution is -2.56. The van der Waals surface area contributed by atoms with Gasteiger partial charge in [-0.2, -0.15) is 0 Å². The highest BCUT2D eigenvalue weighted by molar-refractivity contribution is 4.91. The molecule has 3 rings (SSSR count). The van der Waals surface area contributed by atoms with Gasteiger partial charge in [0.1, 0.15) is 0 Å². The van der Waals surface area contributed by atoms with Crippen molar-refractivity contribution in [1.82, 2.24) is 15.1 Å². The second kappa shape index (κ2) is 7.94. The van der Waals surface area contributed by atoms with Gasteiger partial charge in [0.2, 0.25) is 0 Å². The maximum Gasteiger partial charge on any atom is 0.0249 e. The van der Waals surface area contributed by atoms with Gasteiger partial charge in [0.05, 0.1) is 0 Å². The molecule has 1 saturated carbocycles. The fraction of sp³-hybridized carbons (Fsp3) is 1.00. The van der Waals surface area contributed by atoms with Crippen LogP contribution in [0.3, 0.4) is 0 Å². The Balaban J connectivity index is 1.49. The maximum atomic E-state index is 3.75. The smallest absolute Gasteiger partial charge is 0.0249 e. The second-order valence-corrected chi connectivity index (χ2v) is 7.38. The predicted octanol–water partition coefficient (Wildman–Crippen LogP) is 2.86. The van der Waals surface area contributed by atoms with Crippen LogP contribution in [-0.2, 0) is 0 Å². The van der Waals surface area contributed by atoms with Crippen molar-refractivity contribution in [1.29, 1.82) is 0 Å². The Morgan fingerprint density at radius 3 is 2.19 bits per heavy atom. The molecule has 2 heterocycles. The average molecular weight is 293 g/mol. The Labute approximate surface area is 131 Å². The lowest BCUT2D eigenvalue weighted by atomic mass is 9.87. The van der Waals surface area contributed by atoms with E-state index in [0.29, 0.717) is 0 Å². The summed E-state index contributed by atoms with van der Waals surface area (Å²) in [6, 6.07) is 2.47. The Hall–Kier alpha value is -0.120. The normalized spacial score (nSPS) is 34.1. The Morgan fingerprint density at radius 1 is 0.762 bits per heavy atom. The van der Waals surface area contributed by atoms with Gasteiger partial charge in [-0.25, -0.2) is 0 Å². The number of hydrogen-bond donors (Lipinski definition) is 1. The first kappa shape index (κ1) is 15.8. The third-order valence-corrected chi connectivity index (χ3v) is 6.07. The maximum absolute atomic E-state index is 3.75. The first-order valence-electron chi connectivity index (χ1n) is 9.60. The first-order valence-corrected chi connectivity index (χ1v) is 9.60. The zero-order valence-electron chi connectivity index (χ0n) is 14.0. The van der Waals surface area contributed by atoms with E-state index in [0.717, 1.165) is 24.7 Å². The quantitative estimate of drug-likeness (QED) is 0.860. The molecular weight excluding hydrogens is 258 g/mol. The highest BCUT2D eigenvalue weighted by atomic mass is 15.2. The topological polar surface area (TPSA) is 18.5 Å². The molecule has 0 amide bonds. The molecule has 3 fully saturated rings. The molecule has 1 N–H and O–H groups in total. The zero-order valence-corrected chi connectivity index (χ0v) is 14.0. The molecule has 2 atom stereocenters. The molecule has 3 nitrogen and oxygen atoms in total. The van der Waals surface area contributed by atoms with Crippen LogP contribution in [0.2, 0.25) is 0 Å². The van der Waals surface area contributed by atoms with E-state index in [-0.39, 0.29) is 0 Å². The van der Waals surface area contributed by atoms with E-state index < -0.39 is 0 Å². The van der Waals surface area contributed by atoms with Gasteiger partial charge in [0.25, 0.3) is 0 Å². The molecule has 0 spiro atoms. The minimum absolute atomic E-state index is 0.760. The lowest BCUT2D eigenvalue weighted by molar-refractivity contribution is 0.0496. The van der Waals surface area contributed by atoms with Crippen molar-refractivity contribution >= 4 is 0 Å². The standard InChI is InChI=1S/C18H35N3/c1-2-19-17-8-4-5-9-18(17)21-14-10-16(11-15-21)20-12-6-3-7-13-20/h16-19H,2-15H2,1H3. The predicted molar refractivity (Wildman–Crippen MR) is 89.7 cm³/mol. The molecule has 0 bridgehead atoms. The molecule has 2 saturated heterocycles. The third kappa shape index (κ3) is 4.00. The average Bonchev–Trinajstić information content (AvgIpc) is 2.57. The van der Waals surface area contributed by atoms with Crippen LogP contribution in [0.5, 0.6) is 0 Å². The second-order valence-electron chi connectivity index (χ2n) is 7.38. The molecule has 0 aromatic carbocycles. The van der Waals surface area contributed by atoms with Crippen molar-refractivity contribution in [2.24, 2.45) is 0 Å². The summed E-state index contributed by atoms with van der Waals surface area (Å²) in [5, 5.41) is 3.75. The lowest BCUT2D eigenvalue weighted by Gasteiger charge is -2.46. The minimum Gasteiger partial charge on any atom is -0.313 e. The molecule has 122 valence electrons. The highest BCUT2D eigenvalue weighted by Gasteiger charge is 2.33. The number of likely N-dealkylation sites (tertiary alicyclic amines) is 2. The van der Waals surface area contributed by atoms with Crippen molar-refractivity contribution in [2.75, 3.05) is 32.7 Å². The summed E-state index contributed by atoms with van der Waals surface area (Å²) in [7, 11) is 0. The number of likely N-dealkylation sites (N-methyl/N-ethyl adjacent to an activating group) is 1. The summed E-state index contributed by atoms with van der Waals surface area (Å²) in [5.41, 5.74) is 0. The van der Waals surface area contributed by atoms with Gasteiger partial charge >= 0.3 is 0 Å². The first-order chi connectivity index (χ1) is 10.4. The van der Waals surface area contributed by atoms with E-state index >= 15 is 0 Å². The summed E-state index contributed by atoms with van der Waals surface area (Å²) >= 11 is 0. The Morgan fingerprint density at radius 2 is 1.48 bits per heavy atom. The van der Waals surface area contributed by atoms with Gasteiger partial charge in [0.15, 0.2) is 0 Å². The highest BCUT2D eigenvalue weighted by Crippen LogP contribution is 2.28. The summed E-state index contributed by atoms with van der Waals surface area (Å²) < 4.78 is 0. The van der Waals surface area contributed by atoms with E-state index in [4.69, 9.17) is 0 Å². The summed E-state index contributed by atoms with van der Waals surface area (Å²) in [6.45, 7) is 8.81. The molecule has 21 heavy (non-hydrogen) atoms. The fourth-order valence-electron chi connectivity index (χ4n) is 4.91. The van der Waals surface area contributed by atoms with Crippen LogP contribution in [0.4, 0.5) is 0 Å². The van der Waals surface area contributed by atoms with Crippen LogP contribution < -0.4 is 5.32 Å². The molecule has 3 aliphatic rings. The molecule has 0 aromatic heterocycles. The summed E-state index contributed by atoms with van der Waals surface area (Å²) in [4.78, 5) is 5.62. The molecule has 0 radical (unpaired) electrons. The van der Waals surface area contributed by atoms with Gasteiger partial charge < -0.3 is 10.2 Å². The zero-order chi connectivity index (χ0) is 14.5. The van der Waals surface area contributed by atoms with E-state index in [9.17, 15) is 0 Å². The number of nitrogens with zero attached hydrogens (tertiary/aromatic N) is 2. The van der Waals surface area contributed by atoms with E-state index in [1.165, 1.54) is 84.0 Å². The van der Waals surface area contributed by atoms with Crippen LogP contribution in [0, 0.1) is 0 Å². The van der Waals surface area contributed by atoms with Crippen LogP contribution in [0.15, 0.2) is 0 Å². The van der Waals surface area contributed by atoms with E-state index in [2.05, 4.69) is 22.0 Å². The van der Waals surface area contributed by atoms with Gasteiger partial charge in [-0.05, 0) is 71.2 Å². The summed E-state index contributed by atoms with van der Waals surface area (Å²) in [5.74, 6) is 0. The van der Waals surface area contributed by atoms with Crippen LogP contribution >= 0.6 is 0 Å². The SMILES string of the molecule is CCNC1CCCCC1N1CCC(N2CCCCC2)CC1. The number of hydrogen-bond acceptors (Lipinski definition) is 3. The van der Waals surface area contributed by atoms with Crippen LogP contribution in [0.1, 0.15) is 64.7 Å². The van der Waals surface area contributed by atoms with Gasteiger partial charge in [-0.15, -0.1) is 0 Å². The Bertz CT molecular complexity index is 291. The molecule has 3 heteroatoms.